The largest absolute Gasteiger partial charge is 0.457 e. The van der Waals surface area contributed by atoms with Gasteiger partial charge in [-0.2, -0.15) is 0 Å². The molecule has 4 aliphatic carbocycles. The topological polar surface area (TPSA) is 86.5 Å². The van der Waals surface area contributed by atoms with Crippen LogP contribution in [0.4, 0.5) is 5.69 Å². The van der Waals surface area contributed by atoms with Crippen molar-refractivity contribution >= 4 is 33.4 Å². The number of halogens is 1. The smallest absolute Gasteiger partial charge is 0.312 e. The summed E-state index contributed by atoms with van der Waals surface area (Å²) in [7, 11) is 0. The normalized spacial score (nSPS) is 34.5. The van der Waals surface area contributed by atoms with Gasteiger partial charge in [0.15, 0.2) is 12.4 Å². The van der Waals surface area contributed by atoms with E-state index in [0.717, 1.165) is 32.1 Å². The molecule has 7 heteroatoms. The van der Waals surface area contributed by atoms with Gasteiger partial charge >= 0.3 is 5.97 Å². The minimum atomic E-state index is -0.516. The Morgan fingerprint density at radius 1 is 1.15 bits per heavy atom. The summed E-state index contributed by atoms with van der Waals surface area (Å²) >= 11 is 3.87. The summed E-state index contributed by atoms with van der Waals surface area (Å²) < 4.78 is 5.48. The van der Waals surface area contributed by atoms with E-state index in [4.69, 9.17) is 4.74 Å². The van der Waals surface area contributed by atoms with Crippen LogP contribution < -0.4 is 0 Å². The van der Waals surface area contributed by atoms with Crippen LogP contribution in [0.5, 0.6) is 0 Å². The van der Waals surface area contributed by atoms with Crippen molar-refractivity contribution in [2.24, 2.45) is 17.3 Å². The second-order valence-corrected chi connectivity index (χ2v) is 9.88. The van der Waals surface area contributed by atoms with Gasteiger partial charge in [0.2, 0.25) is 0 Å². The Morgan fingerprint density at radius 2 is 1.77 bits per heavy atom. The second kappa shape index (κ2) is 6.15. The number of hydrogen-bond acceptors (Lipinski definition) is 5. The zero-order valence-electron chi connectivity index (χ0n) is 14.3. The zero-order chi connectivity index (χ0) is 18.5. The van der Waals surface area contributed by atoms with Gasteiger partial charge in [0.05, 0.1) is 10.3 Å². The number of nitro groups is 1. The molecule has 2 unspecified atom stereocenters. The number of ketones is 1. The fraction of sp³-hybridized carbons (Fsp3) is 0.579. The molecule has 0 radical (unpaired) electrons. The molecule has 0 aliphatic heterocycles. The first-order valence-corrected chi connectivity index (χ1v) is 9.72. The third-order valence-electron chi connectivity index (χ3n) is 6.16. The summed E-state index contributed by atoms with van der Waals surface area (Å²) in [6.07, 6.45) is 5.96. The highest BCUT2D eigenvalue weighted by molar-refractivity contribution is 9.10. The predicted octanol–water partition coefficient (Wildman–Crippen LogP) is 4.05. The van der Waals surface area contributed by atoms with Crippen molar-refractivity contribution < 1.29 is 19.2 Å². The molecule has 4 bridgehead atoms. The number of nitrogens with zero attached hydrogens (tertiary/aromatic N) is 1. The Morgan fingerprint density at radius 3 is 2.31 bits per heavy atom. The molecule has 4 aliphatic rings. The van der Waals surface area contributed by atoms with Gasteiger partial charge in [-0.25, -0.2) is 0 Å². The molecule has 0 spiro atoms. The van der Waals surface area contributed by atoms with E-state index >= 15 is 0 Å². The molecule has 5 rings (SSSR count). The SMILES string of the molecule is O=C(COC(=O)C12CC3CC(CC(Br)(C3)C1)C2)c1ccc([N+](=O)[O-])cc1. The number of carbonyl (C=O) groups is 2. The molecule has 26 heavy (non-hydrogen) atoms. The predicted molar refractivity (Wildman–Crippen MR) is 97.2 cm³/mol. The molecule has 0 aromatic heterocycles. The standard InChI is InChI=1S/C19H20BrNO5/c20-19-8-12-5-13(9-19)7-18(6-12,11-19)17(23)26-10-16(22)14-1-3-15(4-2-14)21(24)25/h1-4,12-13H,5-11H2. The maximum Gasteiger partial charge on any atom is 0.312 e. The summed E-state index contributed by atoms with van der Waals surface area (Å²) in [6.45, 7) is -0.316. The maximum absolute atomic E-state index is 12.8. The van der Waals surface area contributed by atoms with E-state index in [1.807, 2.05) is 0 Å². The first kappa shape index (κ1) is 17.6. The van der Waals surface area contributed by atoms with Gasteiger partial charge in [0.1, 0.15) is 0 Å². The summed E-state index contributed by atoms with van der Waals surface area (Å²) in [5.74, 6) is 0.527. The number of non-ortho nitro benzene ring substituents is 1. The molecule has 2 atom stereocenters. The van der Waals surface area contributed by atoms with Crippen molar-refractivity contribution in [3.8, 4) is 0 Å². The van der Waals surface area contributed by atoms with E-state index < -0.39 is 10.3 Å². The molecule has 138 valence electrons. The number of ether oxygens (including phenoxy) is 1. The highest BCUT2D eigenvalue weighted by Crippen LogP contribution is 2.64. The number of alkyl halides is 1. The molecule has 6 nitrogen and oxygen atoms in total. The van der Waals surface area contributed by atoms with Crippen molar-refractivity contribution in [3.63, 3.8) is 0 Å². The van der Waals surface area contributed by atoms with E-state index in [1.165, 1.54) is 30.7 Å². The lowest BCUT2D eigenvalue weighted by atomic mass is 9.49. The summed E-state index contributed by atoms with van der Waals surface area (Å²) in [6, 6.07) is 5.35. The minimum Gasteiger partial charge on any atom is -0.457 e. The fourth-order valence-electron chi connectivity index (χ4n) is 5.53. The number of nitro benzene ring substituents is 1. The number of Topliss-reactive ketones (excluding diaryl/α,β-unsaturated/α-hetero) is 1. The molecule has 4 fully saturated rings. The van der Waals surface area contributed by atoms with Crippen molar-refractivity contribution in [1.82, 2.24) is 0 Å². The summed E-state index contributed by atoms with van der Waals surface area (Å²) in [5.41, 5.74) is -0.218. The highest BCUT2D eigenvalue weighted by Gasteiger charge is 2.60. The molecule has 4 saturated carbocycles. The van der Waals surface area contributed by atoms with Gasteiger partial charge in [0.25, 0.3) is 5.69 Å². The monoisotopic (exact) mass is 421 g/mol. The van der Waals surface area contributed by atoms with Crippen molar-refractivity contribution in [2.45, 2.75) is 42.8 Å². The van der Waals surface area contributed by atoms with E-state index in [-0.39, 0.29) is 28.4 Å². The molecule has 1 aromatic carbocycles. The van der Waals surface area contributed by atoms with E-state index in [0.29, 0.717) is 17.4 Å². The van der Waals surface area contributed by atoms with Crippen LogP contribution in [0.2, 0.25) is 0 Å². The van der Waals surface area contributed by atoms with E-state index in [1.54, 1.807) is 0 Å². The van der Waals surface area contributed by atoms with Gasteiger partial charge in [-0.05, 0) is 62.5 Å². The molecular weight excluding hydrogens is 402 g/mol. The average Bonchev–Trinajstić information content (AvgIpc) is 2.57. The van der Waals surface area contributed by atoms with Crippen LogP contribution in [0.3, 0.4) is 0 Å². The lowest BCUT2D eigenvalue weighted by molar-refractivity contribution is -0.384. The molecule has 0 saturated heterocycles. The Hall–Kier alpha value is -1.76. The Labute approximate surface area is 159 Å². The quantitative estimate of drug-likeness (QED) is 0.235. The van der Waals surface area contributed by atoms with Gasteiger partial charge in [-0.3, -0.25) is 19.7 Å². The minimum absolute atomic E-state index is 0.0540. The highest BCUT2D eigenvalue weighted by atomic mass is 79.9. The van der Waals surface area contributed by atoms with Crippen molar-refractivity contribution in [3.05, 3.63) is 39.9 Å². The number of hydrogen-bond donors (Lipinski definition) is 0. The van der Waals surface area contributed by atoms with Crippen LogP contribution in [0.1, 0.15) is 48.9 Å². The lowest BCUT2D eigenvalue weighted by Gasteiger charge is -2.58. The third kappa shape index (κ3) is 3.06. The Balaban J connectivity index is 1.41. The second-order valence-electron chi connectivity index (χ2n) is 8.20. The number of esters is 1. The summed E-state index contributed by atoms with van der Waals surface area (Å²) in [5, 5.41) is 10.7. The Kier molecular flexibility index (Phi) is 4.17. The van der Waals surface area contributed by atoms with E-state index in [9.17, 15) is 19.7 Å². The van der Waals surface area contributed by atoms with Crippen LogP contribution in [0.15, 0.2) is 24.3 Å². The molecule has 0 amide bonds. The van der Waals surface area contributed by atoms with Crippen LogP contribution in [-0.4, -0.2) is 27.6 Å². The lowest BCUT2D eigenvalue weighted by Crippen LogP contribution is -2.56. The van der Waals surface area contributed by atoms with Crippen LogP contribution >= 0.6 is 15.9 Å². The van der Waals surface area contributed by atoms with Gasteiger partial charge in [-0.1, -0.05) is 15.9 Å². The first-order valence-electron chi connectivity index (χ1n) is 8.92. The van der Waals surface area contributed by atoms with Crippen LogP contribution in [0, 0.1) is 27.4 Å². The first-order chi connectivity index (χ1) is 12.3. The molecule has 1 aromatic rings. The number of carbonyl (C=O) groups excluding carboxylic acids is 2. The van der Waals surface area contributed by atoms with E-state index in [2.05, 4.69) is 15.9 Å². The van der Waals surface area contributed by atoms with Gasteiger partial charge in [-0.15, -0.1) is 0 Å². The third-order valence-corrected chi connectivity index (χ3v) is 7.09. The molecule has 0 heterocycles. The average molecular weight is 422 g/mol. The van der Waals surface area contributed by atoms with Crippen LogP contribution in [-0.2, 0) is 9.53 Å². The Bertz CT molecular complexity index is 761. The zero-order valence-corrected chi connectivity index (χ0v) is 15.9. The summed E-state index contributed by atoms with van der Waals surface area (Å²) in [4.78, 5) is 35.3. The fourth-order valence-corrected chi connectivity index (χ4v) is 6.98. The van der Waals surface area contributed by atoms with Crippen molar-refractivity contribution in [1.29, 1.82) is 0 Å². The molecule has 0 N–H and O–H groups in total. The number of rotatable bonds is 5. The molecular formula is C19H20BrNO5. The maximum atomic E-state index is 12.8. The van der Waals surface area contributed by atoms with Crippen LogP contribution in [0.25, 0.3) is 0 Å². The van der Waals surface area contributed by atoms with Gasteiger partial charge < -0.3 is 4.74 Å². The van der Waals surface area contributed by atoms with Crippen molar-refractivity contribution in [2.75, 3.05) is 6.61 Å². The number of benzene rings is 1. The van der Waals surface area contributed by atoms with Gasteiger partial charge in [0, 0.05) is 22.0 Å².